The third-order valence-electron chi connectivity index (χ3n) is 4.83. The lowest BCUT2D eigenvalue weighted by Gasteiger charge is -2.11. The van der Waals surface area contributed by atoms with Crippen LogP contribution in [-0.4, -0.2) is 37.0 Å². The highest BCUT2D eigenvalue weighted by Gasteiger charge is 2.13. The highest BCUT2D eigenvalue weighted by molar-refractivity contribution is 7.18. The topological polar surface area (TPSA) is 138 Å². The molecular formula is C22H21N7O2S. The molecule has 0 saturated carbocycles. The van der Waals surface area contributed by atoms with Crippen LogP contribution in [-0.2, 0) is 4.74 Å². The first-order valence-corrected chi connectivity index (χ1v) is 10.6. The minimum atomic E-state index is -0.169. The van der Waals surface area contributed by atoms with Crippen molar-refractivity contribution in [2.75, 3.05) is 25.6 Å². The summed E-state index contributed by atoms with van der Waals surface area (Å²) in [4.78, 5) is 17.2. The Hall–Kier alpha value is -3.89. The number of carbonyl (C=O) groups excluding carboxylic acids is 1. The van der Waals surface area contributed by atoms with Crippen molar-refractivity contribution in [3.63, 3.8) is 0 Å². The molecule has 10 heteroatoms. The van der Waals surface area contributed by atoms with Crippen LogP contribution in [0.5, 0.6) is 0 Å². The summed E-state index contributed by atoms with van der Waals surface area (Å²) in [6.45, 7) is 0.894. The highest BCUT2D eigenvalue weighted by Crippen LogP contribution is 2.35. The second-order valence-electron chi connectivity index (χ2n) is 6.90. The average molecular weight is 448 g/mol. The van der Waals surface area contributed by atoms with E-state index in [1.807, 2.05) is 41.8 Å². The number of aromatic nitrogens is 1. The average Bonchev–Trinajstić information content (AvgIpc) is 3.30. The van der Waals surface area contributed by atoms with E-state index in [1.165, 1.54) is 0 Å². The molecule has 2 heterocycles. The molecular weight excluding hydrogens is 426 g/mol. The number of amides is 1. The van der Waals surface area contributed by atoms with Gasteiger partial charge in [-0.3, -0.25) is 4.79 Å². The SMILES string of the molecule is COCCNC(=O)c1cccc(Nc2nc3cc(/C(N)=N/N=N)ccc3c3sccc23)c1. The van der Waals surface area contributed by atoms with E-state index >= 15 is 0 Å². The quantitative estimate of drug-likeness (QED) is 0.105. The van der Waals surface area contributed by atoms with Crippen LogP contribution in [0.25, 0.3) is 21.0 Å². The van der Waals surface area contributed by atoms with Crippen LogP contribution in [0.3, 0.4) is 0 Å². The molecule has 0 fully saturated rings. The van der Waals surface area contributed by atoms with Crippen molar-refractivity contribution < 1.29 is 9.53 Å². The number of benzene rings is 2. The van der Waals surface area contributed by atoms with Crippen LogP contribution < -0.4 is 16.4 Å². The first-order valence-electron chi connectivity index (χ1n) is 9.76. The monoisotopic (exact) mass is 447 g/mol. The summed E-state index contributed by atoms with van der Waals surface area (Å²) in [5.41, 5.74) is 15.4. The molecule has 0 saturated heterocycles. The van der Waals surface area contributed by atoms with Crippen LogP contribution in [0.1, 0.15) is 15.9 Å². The molecule has 9 nitrogen and oxygen atoms in total. The number of pyridine rings is 1. The van der Waals surface area contributed by atoms with Gasteiger partial charge in [-0.1, -0.05) is 23.4 Å². The second kappa shape index (κ2) is 9.50. The molecule has 0 atom stereocenters. The number of amidine groups is 1. The maximum Gasteiger partial charge on any atom is 0.251 e. The maximum atomic E-state index is 12.4. The lowest BCUT2D eigenvalue weighted by Crippen LogP contribution is -2.26. The largest absolute Gasteiger partial charge is 0.383 e. The third-order valence-corrected chi connectivity index (χ3v) is 5.78. The number of nitrogens with two attached hydrogens (primary N) is 1. The van der Waals surface area contributed by atoms with Gasteiger partial charge < -0.3 is 21.1 Å². The molecule has 0 unspecified atom stereocenters. The first kappa shape index (κ1) is 21.3. The van der Waals surface area contributed by atoms with Crippen LogP contribution in [0.15, 0.2) is 64.2 Å². The molecule has 2 aromatic carbocycles. The van der Waals surface area contributed by atoms with E-state index in [9.17, 15) is 4.79 Å². The molecule has 4 rings (SSSR count). The Balaban J connectivity index is 1.70. The zero-order chi connectivity index (χ0) is 22.5. The normalized spacial score (nSPS) is 11.6. The van der Waals surface area contributed by atoms with Crippen LogP contribution >= 0.6 is 11.3 Å². The fraction of sp³-hybridized carbons (Fsp3) is 0.136. The smallest absolute Gasteiger partial charge is 0.251 e. The number of carbonyl (C=O) groups is 1. The number of nitrogens with one attached hydrogen (secondary N) is 3. The van der Waals surface area contributed by atoms with Gasteiger partial charge in [0.1, 0.15) is 5.82 Å². The van der Waals surface area contributed by atoms with Gasteiger partial charge in [0.25, 0.3) is 5.91 Å². The van der Waals surface area contributed by atoms with E-state index in [-0.39, 0.29) is 11.7 Å². The van der Waals surface area contributed by atoms with E-state index in [0.29, 0.717) is 30.1 Å². The molecule has 32 heavy (non-hydrogen) atoms. The van der Waals surface area contributed by atoms with E-state index in [4.69, 9.17) is 21.0 Å². The number of thiophene rings is 1. The molecule has 1 amide bonds. The van der Waals surface area contributed by atoms with Gasteiger partial charge in [0, 0.05) is 45.9 Å². The van der Waals surface area contributed by atoms with Gasteiger partial charge in [0.15, 0.2) is 5.84 Å². The first-order chi connectivity index (χ1) is 15.6. The molecule has 0 bridgehead atoms. The number of nitrogens with zero attached hydrogens (tertiary/aromatic N) is 3. The summed E-state index contributed by atoms with van der Waals surface area (Å²) in [7, 11) is 1.59. The standard InChI is InChI=1S/C22H21N7O2S/c1-31-9-8-25-22(30)14-3-2-4-15(11-14)26-21-17-7-10-32-19(17)16-6-5-13(12-18(16)27-21)20(23)28-29-24/h2-7,10-12H,8-9H2,1H3,(H,25,30)(H,26,27)(H3,23,24,28). The summed E-state index contributed by atoms with van der Waals surface area (Å²) in [6.07, 6.45) is 0. The maximum absolute atomic E-state index is 12.4. The summed E-state index contributed by atoms with van der Waals surface area (Å²) in [5, 5.41) is 16.7. The van der Waals surface area contributed by atoms with Gasteiger partial charge in [-0.25, -0.2) is 4.98 Å². The zero-order valence-corrected chi connectivity index (χ0v) is 18.1. The van der Waals surface area contributed by atoms with E-state index in [2.05, 4.69) is 21.0 Å². The fourth-order valence-electron chi connectivity index (χ4n) is 3.31. The fourth-order valence-corrected chi connectivity index (χ4v) is 4.24. The summed E-state index contributed by atoms with van der Waals surface area (Å²) >= 11 is 1.62. The molecule has 2 aromatic heterocycles. The molecule has 0 aliphatic heterocycles. The molecule has 0 aliphatic rings. The number of anilines is 2. The minimum absolute atomic E-state index is 0.150. The summed E-state index contributed by atoms with van der Waals surface area (Å²) in [5.74, 6) is 0.650. The van der Waals surface area contributed by atoms with Crippen LogP contribution in [0, 0.1) is 5.53 Å². The van der Waals surface area contributed by atoms with E-state index < -0.39 is 0 Å². The number of ether oxygens (including phenoxy) is 1. The molecule has 4 aromatic rings. The molecule has 0 spiro atoms. The molecule has 5 N–H and O–H groups in total. The molecule has 162 valence electrons. The van der Waals surface area contributed by atoms with Gasteiger partial charge in [-0.15, -0.1) is 16.4 Å². The lowest BCUT2D eigenvalue weighted by molar-refractivity contribution is 0.0937. The highest BCUT2D eigenvalue weighted by atomic mass is 32.1. The number of fused-ring (bicyclic) bond motifs is 3. The van der Waals surface area contributed by atoms with Crippen molar-refractivity contribution in [3.8, 4) is 0 Å². The predicted octanol–water partition coefficient (Wildman–Crippen LogP) is 4.22. The van der Waals surface area contributed by atoms with Gasteiger partial charge in [-0.05, 0) is 35.7 Å². The molecule has 0 radical (unpaired) electrons. The zero-order valence-electron chi connectivity index (χ0n) is 17.3. The van der Waals surface area contributed by atoms with Crippen molar-refractivity contribution in [1.29, 1.82) is 5.53 Å². The number of methoxy groups -OCH3 is 1. The van der Waals surface area contributed by atoms with Crippen molar-refractivity contribution in [3.05, 3.63) is 65.0 Å². The Kier molecular flexibility index (Phi) is 6.34. The Morgan fingerprint density at radius 1 is 1.19 bits per heavy atom. The van der Waals surface area contributed by atoms with Crippen LogP contribution in [0.4, 0.5) is 11.5 Å². The predicted molar refractivity (Wildman–Crippen MR) is 127 cm³/mol. The Morgan fingerprint density at radius 3 is 2.88 bits per heavy atom. The Labute approximate surface area is 187 Å². The van der Waals surface area contributed by atoms with Gasteiger partial charge in [-0.2, -0.15) is 5.53 Å². The van der Waals surface area contributed by atoms with Gasteiger partial charge >= 0.3 is 0 Å². The summed E-state index contributed by atoms with van der Waals surface area (Å²) in [6, 6.07) is 14.9. The molecule has 0 aliphatic carbocycles. The van der Waals surface area contributed by atoms with E-state index in [0.717, 1.165) is 26.7 Å². The lowest BCUT2D eigenvalue weighted by atomic mass is 10.1. The second-order valence-corrected chi connectivity index (χ2v) is 7.81. The third kappa shape index (κ3) is 4.41. The minimum Gasteiger partial charge on any atom is -0.383 e. The van der Waals surface area contributed by atoms with Crippen LogP contribution in [0.2, 0.25) is 0 Å². The Morgan fingerprint density at radius 2 is 2.06 bits per heavy atom. The number of rotatable bonds is 8. The van der Waals surface area contributed by atoms with E-state index in [1.54, 1.807) is 30.6 Å². The van der Waals surface area contributed by atoms with Crippen molar-refractivity contribution in [1.82, 2.24) is 10.3 Å². The van der Waals surface area contributed by atoms with Crippen molar-refractivity contribution >= 4 is 55.6 Å². The number of hydrogen-bond acceptors (Lipinski definition) is 7. The van der Waals surface area contributed by atoms with Gasteiger partial charge in [0.05, 0.1) is 12.1 Å². The van der Waals surface area contributed by atoms with Crippen molar-refractivity contribution in [2.45, 2.75) is 0 Å². The summed E-state index contributed by atoms with van der Waals surface area (Å²) < 4.78 is 6.05. The number of hydrogen-bond donors (Lipinski definition) is 4. The Bertz CT molecular complexity index is 1330. The van der Waals surface area contributed by atoms with Gasteiger partial charge in [0.2, 0.25) is 0 Å². The van der Waals surface area contributed by atoms with Crippen molar-refractivity contribution in [2.24, 2.45) is 16.1 Å².